The van der Waals surface area contributed by atoms with Gasteiger partial charge >= 0.3 is 5.97 Å². The molecule has 1 heterocycles. The molecule has 0 aromatic carbocycles. The molecule has 0 bridgehead atoms. The standard InChI is InChI=1S/C9H10ClNO4/c10-7-6(9(13)14)2-3-11-8(7)15-5-1-4-12/h2-3,12H,1,4-5H2,(H,13,14). The van der Waals surface area contributed by atoms with E-state index in [2.05, 4.69) is 4.98 Å². The van der Waals surface area contributed by atoms with Gasteiger partial charge in [0.15, 0.2) is 0 Å². The lowest BCUT2D eigenvalue weighted by molar-refractivity contribution is 0.0696. The van der Waals surface area contributed by atoms with Gasteiger partial charge in [-0.3, -0.25) is 0 Å². The summed E-state index contributed by atoms with van der Waals surface area (Å²) in [5, 5.41) is 17.3. The topological polar surface area (TPSA) is 79.7 Å². The lowest BCUT2D eigenvalue weighted by Crippen LogP contribution is -2.04. The van der Waals surface area contributed by atoms with Gasteiger partial charge in [-0.15, -0.1) is 0 Å². The number of aliphatic hydroxyl groups excluding tert-OH is 1. The van der Waals surface area contributed by atoms with Crippen molar-refractivity contribution >= 4 is 17.6 Å². The second-order valence-corrected chi connectivity index (χ2v) is 3.09. The summed E-state index contributed by atoms with van der Waals surface area (Å²) in [4.78, 5) is 14.5. The molecule has 0 saturated heterocycles. The molecule has 0 radical (unpaired) electrons. The number of hydrogen-bond donors (Lipinski definition) is 2. The molecule has 0 atom stereocenters. The molecule has 0 unspecified atom stereocenters. The molecule has 5 nitrogen and oxygen atoms in total. The van der Waals surface area contributed by atoms with Gasteiger partial charge in [0.05, 0.1) is 12.2 Å². The largest absolute Gasteiger partial charge is 0.478 e. The van der Waals surface area contributed by atoms with E-state index in [0.29, 0.717) is 6.42 Å². The lowest BCUT2D eigenvalue weighted by Gasteiger charge is -2.07. The smallest absolute Gasteiger partial charge is 0.337 e. The predicted octanol–water partition coefficient (Wildman–Crippen LogP) is 1.19. The van der Waals surface area contributed by atoms with Crippen LogP contribution in [0.4, 0.5) is 0 Å². The molecule has 15 heavy (non-hydrogen) atoms. The Balaban J connectivity index is 2.80. The van der Waals surface area contributed by atoms with E-state index in [0.717, 1.165) is 0 Å². The third-order valence-electron chi connectivity index (χ3n) is 1.63. The average molecular weight is 232 g/mol. The van der Waals surface area contributed by atoms with E-state index < -0.39 is 5.97 Å². The Bertz CT molecular complexity index is 356. The maximum Gasteiger partial charge on any atom is 0.337 e. The van der Waals surface area contributed by atoms with Gasteiger partial charge in [0, 0.05) is 19.2 Å². The zero-order chi connectivity index (χ0) is 11.3. The number of carboxylic acids is 1. The number of carboxylic acid groups (broad SMARTS) is 1. The van der Waals surface area contributed by atoms with Crippen molar-refractivity contribution in [2.24, 2.45) is 0 Å². The summed E-state index contributed by atoms with van der Waals surface area (Å²) in [6.45, 7) is 0.239. The number of ether oxygens (including phenoxy) is 1. The van der Waals surface area contributed by atoms with Gasteiger partial charge in [-0.25, -0.2) is 9.78 Å². The molecule has 6 heteroatoms. The molecule has 0 fully saturated rings. The number of aromatic nitrogens is 1. The maximum atomic E-state index is 10.7. The molecule has 0 aliphatic carbocycles. The van der Waals surface area contributed by atoms with Crippen LogP contribution < -0.4 is 4.74 Å². The molecule has 0 aliphatic rings. The van der Waals surface area contributed by atoms with Crippen molar-refractivity contribution in [2.45, 2.75) is 6.42 Å². The first-order valence-electron chi connectivity index (χ1n) is 4.28. The number of nitrogens with zero attached hydrogens (tertiary/aromatic N) is 1. The molecular weight excluding hydrogens is 222 g/mol. The van der Waals surface area contributed by atoms with E-state index >= 15 is 0 Å². The van der Waals surface area contributed by atoms with Crippen molar-refractivity contribution in [3.05, 3.63) is 22.8 Å². The van der Waals surface area contributed by atoms with Crippen molar-refractivity contribution in [3.63, 3.8) is 0 Å². The Kier molecular flexibility index (Phi) is 4.33. The summed E-state index contributed by atoms with van der Waals surface area (Å²) in [5.74, 6) is -1.06. The van der Waals surface area contributed by atoms with Crippen molar-refractivity contribution in [1.82, 2.24) is 4.98 Å². The Morgan fingerprint density at radius 1 is 1.60 bits per heavy atom. The van der Waals surface area contributed by atoms with Gasteiger partial charge < -0.3 is 14.9 Å². The Hall–Kier alpha value is -1.33. The van der Waals surface area contributed by atoms with Crippen LogP contribution in [0.15, 0.2) is 12.3 Å². The lowest BCUT2D eigenvalue weighted by atomic mass is 10.3. The van der Waals surface area contributed by atoms with Gasteiger partial charge in [-0.2, -0.15) is 0 Å². The molecule has 0 saturated carbocycles. The molecule has 1 rings (SSSR count). The summed E-state index contributed by atoms with van der Waals surface area (Å²) in [6.07, 6.45) is 1.75. The van der Waals surface area contributed by atoms with Gasteiger partial charge in [0.2, 0.25) is 5.88 Å². The monoisotopic (exact) mass is 231 g/mol. The van der Waals surface area contributed by atoms with Crippen LogP contribution in [0.1, 0.15) is 16.8 Å². The van der Waals surface area contributed by atoms with Crippen LogP contribution in [0.5, 0.6) is 5.88 Å². The van der Waals surface area contributed by atoms with E-state index in [9.17, 15) is 4.79 Å². The van der Waals surface area contributed by atoms with Crippen LogP contribution in [0.25, 0.3) is 0 Å². The van der Waals surface area contributed by atoms with Crippen LogP contribution in [0.2, 0.25) is 5.02 Å². The van der Waals surface area contributed by atoms with Crippen LogP contribution in [0.3, 0.4) is 0 Å². The quantitative estimate of drug-likeness (QED) is 0.745. The fourth-order valence-electron chi connectivity index (χ4n) is 0.924. The first kappa shape index (κ1) is 11.7. The fourth-order valence-corrected chi connectivity index (χ4v) is 1.17. The Labute approximate surface area is 91.3 Å². The second-order valence-electron chi connectivity index (χ2n) is 2.71. The second kappa shape index (κ2) is 5.53. The highest BCUT2D eigenvalue weighted by Gasteiger charge is 2.13. The number of rotatable bonds is 5. The Morgan fingerprint density at radius 2 is 2.33 bits per heavy atom. The number of halogens is 1. The Morgan fingerprint density at radius 3 is 2.93 bits per heavy atom. The highest BCUT2D eigenvalue weighted by atomic mass is 35.5. The summed E-state index contributed by atoms with van der Waals surface area (Å²) < 4.78 is 5.10. The maximum absolute atomic E-state index is 10.7. The normalized spacial score (nSPS) is 10.0. The molecule has 2 N–H and O–H groups in total. The van der Waals surface area contributed by atoms with Crippen molar-refractivity contribution < 1.29 is 19.7 Å². The van der Waals surface area contributed by atoms with Crippen molar-refractivity contribution in [1.29, 1.82) is 0 Å². The van der Waals surface area contributed by atoms with Crippen LogP contribution >= 0.6 is 11.6 Å². The third-order valence-corrected chi connectivity index (χ3v) is 1.99. The number of hydrogen-bond acceptors (Lipinski definition) is 4. The highest BCUT2D eigenvalue weighted by Crippen LogP contribution is 2.25. The van der Waals surface area contributed by atoms with Gasteiger partial charge in [0.1, 0.15) is 5.02 Å². The zero-order valence-corrected chi connectivity index (χ0v) is 8.57. The summed E-state index contributed by atoms with van der Waals surface area (Å²) in [6, 6.07) is 1.30. The first-order valence-corrected chi connectivity index (χ1v) is 4.66. The SMILES string of the molecule is O=C(O)c1ccnc(OCCCO)c1Cl. The summed E-state index contributed by atoms with van der Waals surface area (Å²) in [5.41, 5.74) is -0.0503. The molecule has 0 amide bonds. The van der Waals surface area contributed by atoms with Gasteiger partial charge in [-0.05, 0) is 6.07 Å². The number of aromatic carboxylic acids is 1. The highest BCUT2D eigenvalue weighted by molar-refractivity contribution is 6.34. The van der Waals surface area contributed by atoms with Crippen molar-refractivity contribution in [2.75, 3.05) is 13.2 Å². The van der Waals surface area contributed by atoms with Crippen LogP contribution in [-0.4, -0.2) is 34.4 Å². The molecule has 0 aliphatic heterocycles. The van der Waals surface area contributed by atoms with Gasteiger partial charge in [-0.1, -0.05) is 11.6 Å². The summed E-state index contributed by atoms with van der Waals surface area (Å²) in [7, 11) is 0. The molecule has 0 spiro atoms. The molecule has 1 aromatic heterocycles. The summed E-state index contributed by atoms with van der Waals surface area (Å²) >= 11 is 5.75. The van der Waals surface area contributed by atoms with Crippen LogP contribution in [0, 0.1) is 0 Å². The van der Waals surface area contributed by atoms with E-state index in [1.165, 1.54) is 12.3 Å². The third kappa shape index (κ3) is 3.07. The minimum Gasteiger partial charge on any atom is -0.478 e. The van der Waals surface area contributed by atoms with E-state index in [4.69, 9.17) is 26.6 Å². The zero-order valence-electron chi connectivity index (χ0n) is 7.81. The molecular formula is C9H10ClNO4. The van der Waals surface area contributed by atoms with E-state index in [1.807, 2.05) is 0 Å². The van der Waals surface area contributed by atoms with Gasteiger partial charge in [0.25, 0.3) is 0 Å². The fraction of sp³-hybridized carbons (Fsp3) is 0.333. The predicted molar refractivity (Wildman–Crippen MR) is 53.4 cm³/mol. The van der Waals surface area contributed by atoms with Crippen LogP contribution in [-0.2, 0) is 0 Å². The molecule has 1 aromatic rings. The van der Waals surface area contributed by atoms with Crippen molar-refractivity contribution in [3.8, 4) is 5.88 Å². The minimum atomic E-state index is -1.13. The van der Waals surface area contributed by atoms with E-state index in [1.54, 1.807) is 0 Å². The number of aliphatic hydroxyl groups is 1. The van der Waals surface area contributed by atoms with E-state index in [-0.39, 0.29) is 29.7 Å². The number of pyridine rings is 1. The molecule has 82 valence electrons. The minimum absolute atomic E-state index is 0.00373. The number of carbonyl (C=O) groups is 1. The first-order chi connectivity index (χ1) is 7.16. The average Bonchev–Trinajstić information content (AvgIpc) is 2.20.